The Morgan fingerprint density at radius 2 is 2.10 bits per heavy atom. The predicted molar refractivity (Wildman–Crippen MR) is 84.8 cm³/mol. The fourth-order valence-electron chi connectivity index (χ4n) is 2.24. The molecular formula is C16H24N4. The van der Waals surface area contributed by atoms with Gasteiger partial charge in [-0.1, -0.05) is 13.0 Å². The van der Waals surface area contributed by atoms with Gasteiger partial charge in [-0.3, -0.25) is 4.68 Å². The smallest absolute Gasteiger partial charge is 0.0817 e. The summed E-state index contributed by atoms with van der Waals surface area (Å²) in [5, 5.41) is 4.62. The highest BCUT2D eigenvalue weighted by Crippen LogP contribution is 2.20. The van der Waals surface area contributed by atoms with Crippen molar-refractivity contribution in [2.24, 2.45) is 0 Å². The van der Waals surface area contributed by atoms with Crippen LogP contribution >= 0.6 is 0 Å². The number of benzene rings is 1. The van der Waals surface area contributed by atoms with E-state index in [-0.39, 0.29) is 0 Å². The molecule has 0 amide bonds. The maximum atomic E-state index is 5.88. The van der Waals surface area contributed by atoms with E-state index in [1.54, 1.807) is 0 Å². The van der Waals surface area contributed by atoms with Gasteiger partial charge in [0, 0.05) is 30.2 Å². The Morgan fingerprint density at radius 1 is 1.30 bits per heavy atom. The maximum absolute atomic E-state index is 5.88. The molecule has 4 heteroatoms. The van der Waals surface area contributed by atoms with Crippen LogP contribution in [-0.2, 0) is 6.54 Å². The highest BCUT2D eigenvalue weighted by molar-refractivity contribution is 5.55. The van der Waals surface area contributed by atoms with Crippen LogP contribution in [-0.4, -0.2) is 16.3 Å². The van der Waals surface area contributed by atoms with Gasteiger partial charge in [-0.05, 0) is 44.5 Å². The van der Waals surface area contributed by atoms with Crippen LogP contribution in [0.1, 0.15) is 38.9 Å². The molecule has 1 aromatic heterocycles. The van der Waals surface area contributed by atoms with E-state index >= 15 is 0 Å². The van der Waals surface area contributed by atoms with Crippen molar-refractivity contribution in [1.82, 2.24) is 9.78 Å². The summed E-state index contributed by atoms with van der Waals surface area (Å²) in [4.78, 5) is 2.32. The van der Waals surface area contributed by atoms with E-state index < -0.39 is 0 Å². The lowest BCUT2D eigenvalue weighted by molar-refractivity contribution is 0.525. The van der Waals surface area contributed by atoms with Crippen LogP contribution < -0.4 is 10.6 Å². The molecule has 0 spiro atoms. The highest BCUT2D eigenvalue weighted by Gasteiger charge is 2.09. The van der Waals surface area contributed by atoms with Crippen molar-refractivity contribution in [3.05, 3.63) is 42.2 Å². The normalized spacial score (nSPS) is 11.0. The van der Waals surface area contributed by atoms with E-state index in [2.05, 4.69) is 42.9 Å². The topological polar surface area (TPSA) is 47.1 Å². The lowest BCUT2D eigenvalue weighted by Crippen LogP contribution is -2.24. The van der Waals surface area contributed by atoms with E-state index in [0.29, 0.717) is 6.04 Å². The number of hydrogen-bond donors (Lipinski definition) is 1. The average molecular weight is 272 g/mol. The van der Waals surface area contributed by atoms with Gasteiger partial charge in [-0.15, -0.1) is 0 Å². The molecule has 4 nitrogen and oxygen atoms in total. The summed E-state index contributed by atoms with van der Waals surface area (Å²) in [6.45, 7) is 8.28. The first-order valence-electron chi connectivity index (χ1n) is 7.24. The Hall–Kier alpha value is -1.97. The summed E-state index contributed by atoms with van der Waals surface area (Å²) >= 11 is 0. The minimum atomic E-state index is 0.399. The van der Waals surface area contributed by atoms with E-state index in [1.165, 1.54) is 0 Å². The number of anilines is 2. The zero-order valence-electron chi connectivity index (χ0n) is 12.6. The lowest BCUT2D eigenvalue weighted by Gasteiger charge is -2.23. The Morgan fingerprint density at radius 3 is 2.70 bits per heavy atom. The van der Waals surface area contributed by atoms with E-state index in [1.807, 2.05) is 29.1 Å². The van der Waals surface area contributed by atoms with Gasteiger partial charge in [0.25, 0.3) is 0 Å². The molecule has 0 aliphatic rings. The number of nitrogens with two attached hydrogens (primary N) is 1. The predicted octanol–water partition coefficient (Wildman–Crippen LogP) is 3.46. The zero-order valence-corrected chi connectivity index (χ0v) is 12.6. The Balaban J connectivity index is 2.16. The zero-order chi connectivity index (χ0) is 14.5. The molecule has 108 valence electrons. The van der Waals surface area contributed by atoms with E-state index in [4.69, 9.17) is 5.73 Å². The van der Waals surface area contributed by atoms with Gasteiger partial charge in [-0.2, -0.15) is 5.10 Å². The van der Waals surface area contributed by atoms with Crippen LogP contribution in [0.5, 0.6) is 0 Å². The summed E-state index contributed by atoms with van der Waals surface area (Å²) in [5.41, 5.74) is 8.94. The first kappa shape index (κ1) is 14.4. The van der Waals surface area contributed by atoms with Gasteiger partial charge in [0.05, 0.1) is 12.2 Å². The third kappa shape index (κ3) is 3.53. The monoisotopic (exact) mass is 272 g/mol. The Bertz CT molecular complexity index is 545. The summed E-state index contributed by atoms with van der Waals surface area (Å²) in [6, 6.07) is 10.5. The number of nitrogen functional groups attached to an aromatic ring is 1. The molecule has 0 radical (unpaired) electrons. The van der Waals surface area contributed by atoms with Crippen molar-refractivity contribution in [1.29, 1.82) is 0 Å². The highest BCUT2D eigenvalue weighted by atomic mass is 15.3. The van der Waals surface area contributed by atoms with Crippen molar-refractivity contribution in [2.45, 2.75) is 39.8 Å². The van der Waals surface area contributed by atoms with E-state index in [0.717, 1.165) is 36.6 Å². The molecule has 2 N–H and O–H groups in total. The first-order valence-corrected chi connectivity index (χ1v) is 7.24. The molecular weight excluding hydrogens is 248 g/mol. The molecule has 0 aliphatic carbocycles. The van der Waals surface area contributed by atoms with E-state index in [9.17, 15) is 0 Å². The quantitative estimate of drug-likeness (QED) is 0.819. The van der Waals surface area contributed by atoms with Gasteiger partial charge in [0.1, 0.15) is 0 Å². The Labute approximate surface area is 121 Å². The van der Waals surface area contributed by atoms with Crippen LogP contribution in [0.4, 0.5) is 11.4 Å². The molecule has 0 fully saturated rings. The standard InChI is InChI=1S/C16H24N4/c1-4-9-19(16-7-5-6-14(17)11-16)12-15-8-10-20(18-15)13(2)3/h5-8,10-11,13H,4,9,12,17H2,1-3H3. The molecule has 2 rings (SSSR count). The third-order valence-electron chi connectivity index (χ3n) is 3.27. The molecule has 0 aliphatic heterocycles. The summed E-state index contributed by atoms with van der Waals surface area (Å²) in [6.07, 6.45) is 3.14. The number of hydrogen-bond acceptors (Lipinski definition) is 3. The van der Waals surface area contributed by atoms with Gasteiger partial charge >= 0.3 is 0 Å². The van der Waals surface area contributed by atoms with Gasteiger partial charge < -0.3 is 10.6 Å². The molecule has 0 unspecified atom stereocenters. The Kier molecular flexibility index (Phi) is 4.66. The molecule has 1 heterocycles. The maximum Gasteiger partial charge on any atom is 0.0817 e. The van der Waals surface area contributed by atoms with Crippen LogP contribution in [0.3, 0.4) is 0 Å². The van der Waals surface area contributed by atoms with Crippen molar-refractivity contribution in [3.8, 4) is 0 Å². The van der Waals surface area contributed by atoms with Crippen molar-refractivity contribution >= 4 is 11.4 Å². The fraction of sp³-hybridized carbons (Fsp3) is 0.438. The summed E-state index contributed by atoms with van der Waals surface area (Å²) < 4.78 is 2.00. The van der Waals surface area contributed by atoms with Crippen molar-refractivity contribution in [3.63, 3.8) is 0 Å². The number of aromatic nitrogens is 2. The number of nitrogens with zero attached hydrogens (tertiary/aromatic N) is 3. The summed E-state index contributed by atoms with van der Waals surface area (Å²) in [7, 11) is 0. The molecule has 1 aromatic carbocycles. The molecule has 0 atom stereocenters. The summed E-state index contributed by atoms with van der Waals surface area (Å²) in [5.74, 6) is 0. The van der Waals surface area contributed by atoms with Crippen LogP contribution in [0, 0.1) is 0 Å². The molecule has 20 heavy (non-hydrogen) atoms. The molecule has 2 aromatic rings. The second kappa shape index (κ2) is 6.46. The van der Waals surface area contributed by atoms with Crippen LogP contribution in [0.25, 0.3) is 0 Å². The number of rotatable bonds is 6. The molecule has 0 saturated heterocycles. The second-order valence-corrected chi connectivity index (χ2v) is 5.40. The first-order chi connectivity index (χ1) is 9.60. The second-order valence-electron chi connectivity index (χ2n) is 5.40. The van der Waals surface area contributed by atoms with Gasteiger partial charge in [-0.25, -0.2) is 0 Å². The third-order valence-corrected chi connectivity index (χ3v) is 3.27. The SMILES string of the molecule is CCCN(Cc1ccn(C(C)C)n1)c1cccc(N)c1. The van der Waals surface area contributed by atoms with Crippen molar-refractivity contribution in [2.75, 3.05) is 17.2 Å². The lowest BCUT2D eigenvalue weighted by atomic mass is 10.2. The van der Waals surface area contributed by atoms with Crippen LogP contribution in [0.15, 0.2) is 36.5 Å². The molecule has 0 saturated carbocycles. The average Bonchev–Trinajstić information content (AvgIpc) is 2.87. The fourth-order valence-corrected chi connectivity index (χ4v) is 2.24. The van der Waals surface area contributed by atoms with Gasteiger partial charge in [0.2, 0.25) is 0 Å². The minimum absolute atomic E-state index is 0.399. The molecule has 0 bridgehead atoms. The largest absolute Gasteiger partial charge is 0.399 e. The van der Waals surface area contributed by atoms with Crippen LogP contribution in [0.2, 0.25) is 0 Å². The minimum Gasteiger partial charge on any atom is -0.399 e. The van der Waals surface area contributed by atoms with Crippen molar-refractivity contribution < 1.29 is 0 Å². The van der Waals surface area contributed by atoms with Gasteiger partial charge in [0.15, 0.2) is 0 Å².